The van der Waals surface area contributed by atoms with Gasteiger partial charge in [-0.05, 0) is 37.1 Å². The van der Waals surface area contributed by atoms with Crippen molar-refractivity contribution in [2.45, 2.75) is 33.0 Å². The molecule has 0 saturated carbocycles. The smallest absolute Gasteiger partial charge is 0.341 e. The number of hydrogen-bond donors (Lipinski definition) is 1. The van der Waals surface area contributed by atoms with Crippen LogP contribution in [0.3, 0.4) is 0 Å². The topological polar surface area (TPSA) is 81.0 Å². The highest BCUT2D eigenvalue weighted by Crippen LogP contribution is 2.39. The Balaban J connectivity index is 1.80. The Bertz CT molecular complexity index is 1180. The molecule has 7 heteroatoms. The second-order valence-electron chi connectivity index (χ2n) is 7.71. The van der Waals surface area contributed by atoms with Crippen molar-refractivity contribution >= 4 is 5.97 Å². The van der Waals surface area contributed by atoms with Gasteiger partial charge in [0.05, 0.1) is 19.3 Å². The number of aromatic carboxylic acids is 1. The first-order valence-electron chi connectivity index (χ1n) is 10.0. The molecule has 0 spiro atoms. The van der Waals surface area contributed by atoms with Crippen LogP contribution in [-0.2, 0) is 13.2 Å². The fourth-order valence-electron chi connectivity index (χ4n) is 3.76. The van der Waals surface area contributed by atoms with Crippen LogP contribution in [-0.4, -0.2) is 28.9 Å². The van der Waals surface area contributed by atoms with Gasteiger partial charge in [0, 0.05) is 23.9 Å². The summed E-state index contributed by atoms with van der Waals surface area (Å²) in [6, 6.07) is 15.1. The molecule has 0 bridgehead atoms. The lowest BCUT2D eigenvalue weighted by atomic mass is 9.99. The van der Waals surface area contributed by atoms with Crippen molar-refractivity contribution in [1.82, 2.24) is 4.68 Å². The molecular weight excluding hydrogens is 396 g/mol. The lowest BCUT2D eigenvalue weighted by molar-refractivity contribution is 0.0694. The van der Waals surface area contributed by atoms with Gasteiger partial charge in [-0.3, -0.25) is 9.47 Å². The molecule has 2 aromatic carbocycles. The average molecular weight is 420 g/mol. The molecule has 0 amide bonds. The monoisotopic (exact) mass is 420 g/mol. The van der Waals surface area contributed by atoms with Gasteiger partial charge in [0.25, 0.3) is 0 Å². The molecule has 160 valence electrons. The van der Waals surface area contributed by atoms with Crippen molar-refractivity contribution in [3.8, 4) is 22.8 Å². The van der Waals surface area contributed by atoms with E-state index in [-0.39, 0.29) is 11.6 Å². The van der Waals surface area contributed by atoms with Gasteiger partial charge in [-0.1, -0.05) is 30.3 Å². The number of ether oxygens (including phenoxy) is 2. The highest BCUT2D eigenvalue weighted by molar-refractivity contribution is 5.88. The SMILES string of the molecule is COc1cc2c(cc1OCc1ccccc1)CN(C(C)C)n1cc(C(=O)O)c(=O)cc1-2. The number of aromatic nitrogens is 1. The van der Waals surface area contributed by atoms with E-state index < -0.39 is 11.4 Å². The van der Waals surface area contributed by atoms with Gasteiger partial charge in [-0.25, -0.2) is 4.79 Å². The normalized spacial score (nSPS) is 12.3. The molecule has 0 atom stereocenters. The van der Waals surface area contributed by atoms with Crippen molar-refractivity contribution in [2.75, 3.05) is 12.1 Å². The quantitative estimate of drug-likeness (QED) is 0.656. The first kappa shape index (κ1) is 20.5. The number of benzene rings is 2. The van der Waals surface area contributed by atoms with Crippen molar-refractivity contribution in [3.05, 3.63) is 81.6 Å². The minimum atomic E-state index is -1.24. The standard InChI is InChI=1S/C24H24N2O5/c1-15(2)25-12-17-9-23(31-14-16-7-5-4-6-8-16)22(30-3)10-18(17)20-11-21(27)19(24(28)29)13-26(20)25/h4-11,13,15H,12,14H2,1-3H3,(H,28,29). The Morgan fingerprint density at radius 1 is 1.13 bits per heavy atom. The Kier molecular flexibility index (Phi) is 5.42. The lowest BCUT2D eigenvalue weighted by Crippen LogP contribution is -2.44. The van der Waals surface area contributed by atoms with Crippen LogP contribution in [0.5, 0.6) is 11.5 Å². The molecule has 1 N–H and O–H groups in total. The molecule has 0 aliphatic carbocycles. The Morgan fingerprint density at radius 2 is 1.87 bits per heavy atom. The summed E-state index contributed by atoms with van der Waals surface area (Å²) in [5.74, 6) is -0.0715. The van der Waals surface area contributed by atoms with E-state index in [0.717, 1.165) is 16.7 Å². The zero-order valence-electron chi connectivity index (χ0n) is 17.7. The molecule has 2 heterocycles. The third-order valence-electron chi connectivity index (χ3n) is 5.37. The van der Waals surface area contributed by atoms with Crippen LogP contribution < -0.4 is 19.9 Å². The minimum Gasteiger partial charge on any atom is -0.493 e. The molecule has 1 aliphatic heterocycles. The van der Waals surface area contributed by atoms with E-state index >= 15 is 0 Å². The summed E-state index contributed by atoms with van der Waals surface area (Å²) in [5.41, 5.74) is 2.67. The number of hydrogen-bond acceptors (Lipinski definition) is 5. The van der Waals surface area contributed by atoms with Gasteiger partial charge in [0.2, 0.25) is 0 Å². The number of carbonyl (C=O) groups is 1. The zero-order chi connectivity index (χ0) is 22.1. The number of carboxylic acids is 1. The Labute approximate surface area is 180 Å². The lowest BCUT2D eigenvalue weighted by Gasteiger charge is -2.38. The van der Waals surface area contributed by atoms with Crippen molar-refractivity contribution in [2.24, 2.45) is 0 Å². The van der Waals surface area contributed by atoms with E-state index in [1.807, 2.05) is 61.3 Å². The highest BCUT2D eigenvalue weighted by Gasteiger charge is 2.27. The van der Waals surface area contributed by atoms with Gasteiger partial charge in [-0.15, -0.1) is 0 Å². The fourth-order valence-corrected chi connectivity index (χ4v) is 3.76. The number of carboxylic acid groups (broad SMARTS) is 1. The predicted octanol–water partition coefficient (Wildman–Crippen LogP) is 3.66. The predicted molar refractivity (Wildman–Crippen MR) is 117 cm³/mol. The molecule has 7 nitrogen and oxygen atoms in total. The first-order chi connectivity index (χ1) is 14.9. The molecule has 1 aromatic heterocycles. The molecule has 1 aliphatic rings. The highest BCUT2D eigenvalue weighted by atomic mass is 16.5. The van der Waals surface area contributed by atoms with E-state index in [2.05, 4.69) is 0 Å². The Morgan fingerprint density at radius 3 is 2.52 bits per heavy atom. The van der Waals surface area contributed by atoms with Crippen LogP contribution in [0, 0.1) is 0 Å². The molecule has 3 aromatic rings. The van der Waals surface area contributed by atoms with Gasteiger partial charge in [-0.2, -0.15) is 0 Å². The van der Waals surface area contributed by atoms with Gasteiger partial charge in [0.15, 0.2) is 16.9 Å². The van der Waals surface area contributed by atoms with Crippen LogP contribution in [0.1, 0.15) is 35.3 Å². The first-order valence-corrected chi connectivity index (χ1v) is 10.0. The minimum absolute atomic E-state index is 0.0758. The van der Waals surface area contributed by atoms with Crippen LogP contribution in [0.15, 0.2) is 59.5 Å². The summed E-state index contributed by atoms with van der Waals surface area (Å²) in [6.07, 6.45) is 1.40. The molecule has 31 heavy (non-hydrogen) atoms. The summed E-state index contributed by atoms with van der Waals surface area (Å²) in [6.45, 7) is 4.98. The van der Waals surface area contributed by atoms with Crippen LogP contribution in [0.4, 0.5) is 0 Å². The van der Waals surface area contributed by atoms with E-state index in [4.69, 9.17) is 9.47 Å². The molecule has 0 radical (unpaired) electrons. The van der Waals surface area contributed by atoms with E-state index in [0.29, 0.717) is 30.3 Å². The molecular formula is C24H24N2O5. The van der Waals surface area contributed by atoms with E-state index in [1.165, 1.54) is 12.3 Å². The van der Waals surface area contributed by atoms with E-state index in [9.17, 15) is 14.7 Å². The average Bonchev–Trinajstić information content (AvgIpc) is 2.76. The summed E-state index contributed by atoms with van der Waals surface area (Å²) in [5, 5.41) is 11.4. The molecule has 4 rings (SSSR count). The van der Waals surface area contributed by atoms with Crippen LogP contribution >= 0.6 is 0 Å². The summed E-state index contributed by atoms with van der Waals surface area (Å²) >= 11 is 0. The second-order valence-corrected chi connectivity index (χ2v) is 7.71. The summed E-state index contributed by atoms with van der Waals surface area (Å²) in [4.78, 5) is 23.9. The van der Waals surface area contributed by atoms with Crippen molar-refractivity contribution in [3.63, 3.8) is 0 Å². The number of fused-ring (bicyclic) bond motifs is 3. The maximum absolute atomic E-state index is 12.4. The van der Waals surface area contributed by atoms with E-state index in [1.54, 1.807) is 11.8 Å². The largest absolute Gasteiger partial charge is 0.493 e. The maximum Gasteiger partial charge on any atom is 0.341 e. The molecule has 0 fully saturated rings. The van der Waals surface area contributed by atoms with Crippen LogP contribution in [0.25, 0.3) is 11.3 Å². The van der Waals surface area contributed by atoms with Crippen molar-refractivity contribution in [1.29, 1.82) is 0 Å². The summed E-state index contributed by atoms with van der Waals surface area (Å²) in [7, 11) is 1.57. The number of methoxy groups -OCH3 is 1. The van der Waals surface area contributed by atoms with Gasteiger partial charge >= 0.3 is 5.97 Å². The van der Waals surface area contributed by atoms with Crippen LogP contribution in [0.2, 0.25) is 0 Å². The number of pyridine rings is 1. The molecule has 0 saturated heterocycles. The summed E-state index contributed by atoms with van der Waals surface area (Å²) < 4.78 is 13.4. The van der Waals surface area contributed by atoms with Gasteiger partial charge < -0.3 is 19.6 Å². The third-order valence-corrected chi connectivity index (χ3v) is 5.37. The number of rotatable bonds is 6. The zero-order valence-corrected chi connectivity index (χ0v) is 17.7. The Hall–Kier alpha value is -3.74. The van der Waals surface area contributed by atoms with Crippen molar-refractivity contribution < 1.29 is 19.4 Å². The second kappa shape index (κ2) is 8.18. The maximum atomic E-state index is 12.4. The number of nitrogens with zero attached hydrogens (tertiary/aromatic N) is 2. The fraction of sp³-hybridized carbons (Fsp3) is 0.250. The van der Waals surface area contributed by atoms with Gasteiger partial charge in [0.1, 0.15) is 12.2 Å². The third kappa shape index (κ3) is 3.86. The molecule has 0 unspecified atom stereocenters.